The van der Waals surface area contributed by atoms with Crippen LogP contribution in [0.4, 0.5) is 0 Å². The van der Waals surface area contributed by atoms with E-state index >= 15 is 0 Å². The summed E-state index contributed by atoms with van der Waals surface area (Å²) < 4.78 is 10.9. The van der Waals surface area contributed by atoms with E-state index in [1.165, 1.54) is 0 Å². The van der Waals surface area contributed by atoms with E-state index in [2.05, 4.69) is 33.2 Å². The number of likely N-dealkylation sites (tertiary alicyclic amines) is 1. The number of rotatable bonds is 10. The molecule has 0 bridgehead atoms. The molecule has 0 unspecified atom stereocenters. The van der Waals surface area contributed by atoms with E-state index in [1.807, 2.05) is 25.2 Å². The molecule has 0 saturated carbocycles. The Labute approximate surface area is 186 Å². The molecular formula is C21H35IN4O2. The van der Waals surface area contributed by atoms with Gasteiger partial charge < -0.3 is 25.0 Å². The summed E-state index contributed by atoms with van der Waals surface area (Å²) in [5.41, 5.74) is 1.11. The van der Waals surface area contributed by atoms with Gasteiger partial charge in [-0.2, -0.15) is 0 Å². The molecule has 28 heavy (non-hydrogen) atoms. The summed E-state index contributed by atoms with van der Waals surface area (Å²) in [5, 5.41) is 6.96. The third-order valence-electron chi connectivity index (χ3n) is 4.75. The van der Waals surface area contributed by atoms with Gasteiger partial charge in [0.2, 0.25) is 0 Å². The van der Waals surface area contributed by atoms with Crippen molar-refractivity contribution in [3.8, 4) is 5.75 Å². The van der Waals surface area contributed by atoms with Crippen molar-refractivity contribution < 1.29 is 9.47 Å². The normalized spacial score (nSPS) is 15.6. The second kappa shape index (κ2) is 14.6. The summed E-state index contributed by atoms with van der Waals surface area (Å²) in [6.45, 7) is 9.08. The SMILES string of the molecule is C=CCOc1ccccc1CNC(=NC)NC1CCN(CCCOC)CC1.I. The molecule has 7 heteroatoms. The first-order valence-electron chi connectivity index (χ1n) is 9.77. The topological polar surface area (TPSA) is 58.1 Å². The quantitative estimate of drug-likeness (QED) is 0.169. The lowest BCUT2D eigenvalue weighted by atomic mass is 10.1. The minimum atomic E-state index is 0. The average Bonchev–Trinajstić information content (AvgIpc) is 2.71. The van der Waals surface area contributed by atoms with E-state index in [-0.39, 0.29) is 24.0 Å². The number of aliphatic imine (C=N–C) groups is 1. The molecule has 1 aromatic rings. The van der Waals surface area contributed by atoms with Gasteiger partial charge in [0.1, 0.15) is 12.4 Å². The number of nitrogens with zero attached hydrogens (tertiary/aromatic N) is 2. The van der Waals surface area contributed by atoms with Gasteiger partial charge in [0.15, 0.2) is 5.96 Å². The molecule has 1 aliphatic heterocycles. The predicted molar refractivity (Wildman–Crippen MR) is 127 cm³/mol. The molecule has 0 radical (unpaired) electrons. The first-order valence-corrected chi connectivity index (χ1v) is 9.77. The molecule has 0 aromatic heterocycles. The highest BCUT2D eigenvalue weighted by Gasteiger charge is 2.19. The van der Waals surface area contributed by atoms with Crippen LogP contribution in [0.5, 0.6) is 5.75 Å². The first-order chi connectivity index (χ1) is 13.3. The van der Waals surface area contributed by atoms with E-state index in [1.54, 1.807) is 13.2 Å². The molecule has 2 rings (SSSR count). The third kappa shape index (κ3) is 8.79. The standard InChI is InChI=1S/C21H34N4O2.HI/c1-4-15-27-20-9-6-5-8-18(20)17-23-21(22-2)24-19-10-13-25(14-11-19)12-7-16-26-3;/h4-6,8-9,19H,1,7,10-17H2,2-3H3,(H2,22,23,24);1H. The first kappa shape index (κ1) is 24.7. The van der Waals surface area contributed by atoms with Crippen molar-refractivity contribution >= 4 is 29.9 Å². The third-order valence-corrected chi connectivity index (χ3v) is 4.75. The second-order valence-electron chi connectivity index (χ2n) is 6.74. The molecule has 6 nitrogen and oxygen atoms in total. The number of hydrogen-bond acceptors (Lipinski definition) is 4. The maximum absolute atomic E-state index is 5.72. The molecule has 1 aliphatic rings. The highest BCUT2D eigenvalue weighted by Crippen LogP contribution is 2.17. The van der Waals surface area contributed by atoms with E-state index in [0.29, 0.717) is 19.2 Å². The van der Waals surface area contributed by atoms with Crippen LogP contribution in [-0.4, -0.2) is 63.9 Å². The Morgan fingerprint density at radius 3 is 2.75 bits per heavy atom. The van der Waals surface area contributed by atoms with Gasteiger partial charge in [0.25, 0.3) is 0 Å². The van der Waals surface area contributed by atoms with Crippen LogP contribution in [0.1, 0.15) is 24.8 Å². The van der Waals surface area contributed by atoms with Crippen LogP contribution in [0.3, 0.4) is 0 Å². The number of guanidine groups is 1. The van der Waals surface area contributed by atoms with Crippen molar-refractivity contribution in [2.24, 2.45) is 4.99 Å². The molecular weight excluding hydrogens is 467 g/mol. The molecule has 0 spiro atoms. The van der Waals surface area contributed by atoms with Crippen LogP contribution in [0.25, 0.3) is 0 Å². The Bertz CT molecular complexity index is 590. The van der Waals surface area contributed by atoms with Crippen LogP contribution < -0.4 is 15.4 Å². The Morgan fingerprint density at radius 2 is 2.07 bits per heavy atom. The molecule has 2 N–H and O–H groups in total. The van der Waals surface area contributed by atoms with Gasteiger partial charge in [-0.15, -0.1) is 24.0 Å². The number of benzene rings is 1. The summed E-state index contributed by atoms with van der Waals surface area (Å²) in [6.07, 6.45) is 5.12. The zero-order chi connectivity index (χ0) is 19.3. The van der Waals surface area contributed by atoms with Crippen molar-refractivity contribution in [3.63, 3.8) is 0 Å². The van der Waals surface area contributed by atoms with Gasteiger partial charge in [0, 0.05) is 58.5 Å². The smallest absolute Gasteiger partial charge is 0.191 e. The van der Waals surface area contributed by atoms with Crippen LogP contribution in [0.2, 0.25) is 0 Å². The summed E-state index contributed by atoms with van der Waals surface area (Å²) in [4.78, 5) is 6.89. The lowest BCUT2D eigenvalue weighted by Gasteiger charge is -2.33. The number of hydrogen-bond donors (Lipinski definition) is 2. The van der Waals surface area contributed by atoms with Crippen LogP contribution in [0.15, 0.2) is 41.9 Å². The highest BCUT2D eigenvalue weighted by atomic mass is 127. The molecule has 0 aliphatic carbocycles. The van der Waals surface area contributed by atoms with Gasteiger partial charge in [-0.1, -0.05) is 30.9 Å². The number of methoxy groups -OCH3 is 1. The fourth-order valence-corrected chi connectivity index (χ4v) is 3.24. The molecule has 1 aromatic carbocycles. The van der Waals surface area contributed by atoms with Crippen molar-refractivity contribution in [2.45, 2.75) is 31.8 Å². The molecule has 1 saturated heterocycles. The molecule has 0 atom stereocenters. The zero-order valence-electron chi connectivity index (χ0n) is 17.2. The van der Waals surface area contributed by atoms with Crippen molar-refractivity contribution in [1.29, 1.82) is 0 Å². The van der Waals surface area contributed by atoms with Gasteiger partial charge >= 0.3 is 0 Å². The Hall–Kier alpha value is -1.32. The lowest BCUT2D eigenvalue weighted by molar-refractivity contribution is 0.155. The Morgan fingerprint density at radius 1 is 1.32 bits per heavy atom. The molecule has 1 heterocycles. The maximum atomic E-state index is 5.72. The minimum Gasteiger partial charge on any atom is -0.489 e. The fraction of sp³-hybridized carbons (Fsp3) is 0.571. The number of halogens is 1. The molecule has 0 amide bonds. The van der Waals surface area contributed by atoms with E-state index < -0.39 is 0 Å². The monoisotopic (exact) mass is 502 g/mol. The minimum absolute atomic E-state index is 0. The van der Waals surface area contributed by atoms with Gasteiger partial charge in [0.05, 0.1) is 0 Å². The fourth-order valence-electron chi connectivity index (χ4n) is 3.24. The summed E-state index contributed by atoms with van der Waals surface area (Å²) in [5.74, 6) is 1.72. The number of piperidine rings is 1. The van der Waals surface area contributed by atoms with E-state index in [9.17, 15) is 0 Å². The van der Waals surface area contributed by atoms with Crippen molar-refractivity contribution in [3.05, 3.63) is 42.5 Å². The van der Waals surface area contributed by atoms with Gasteiger partial charge in [-0.05, 0) is 25.3 Å². The number of para-hydroxylation sites is 1. The predicted octanol–water partition coefficient (Wildman–Crippen LogP) is 3.04. The summed E-state index contributed by atoms with van der Waals surface area (Å²) in [6, 6.07) is 8.51. The van der Waals surface area contributed by atoms with Crippen molar-refractivity contribution in [2.75, 3.05) is 47.0 Å². The van der Waals surface area contributed by atoms with Gasteiger partial charge in [-0.25, -0.2) is 0 Å². The lowest BCUT2D eigenvalue weighted by Crippen LogP contribution is -2.48. The van der Waals surface area contributed by atoms with Crippen molar-refractivity contribution in [1.82, 2.24) is 15.5 Å². The largest absolute Gasteiger partial charge is 0.489 e. The average molecular weight is 502 g/mol. The molecule has 158 valence electrons. The molecule has 1 fully saturated rings. The number of ether oxygens (including phenoxy) is 2. The Balaban J connectivity index is 0.00000392. The van der Waals surface area contributed by atoms with Crippen LogP contribution in [-0.2, 0) is 11.3 Å². The van der Waals surface area contributed by atoms with Gasteiger partial charge in [-0.3, -0.25) is 4.99 Å². The second-order valence-corrected chi connectivity index (χ2v) is 6.74. The zero-order valence-corrected chi connectivity index (χ0v) is 19.5. The van der Waals surface area contributed by atoms with E-state index in [0.717, 1.165) is 62.8 Å². The van der Waals surface area contributed by atoms with Crippen LogP contribution in [0, 0.1) is 0 Å². The maximum Gasteiger partial charge on any atom is 0.191 e. The summed E-state index contributed by atoms with van der Waals surface area (Å²) >= 11 is 0. The summed E-state index contributed by atoms with van der Waals surface area (Å²) in [7, 11) is 3.58. The van der Waals surface area contributed by atoms with E-state index in [4.69, 9.17) is 9.47 Å². The highest BCUT2D eigenvalue weighted by molar-refractivity contribution is 14.0. The Kier molecular flexibility index (Phi) is 12.9. The van der Waals surface area contributed by atoms with Crippen LogP contribution >= 0.6 is 24.0 Å². The number of nitrogens with one attached hydrogen (secondary N) is 2.